The Hall–Kier alpha value is -2.44. The molecule has 0 aliphatic carbocycles. The molecule has 1 aromatic heterocycles. The van der Waals surface area contributed by atoms with Gasteiger partial charge in [-0.25, -0.2) is 9.78 Å². The summed E-state index contributed by atoms with van der Waals surface area (Å²) in [5.74, 6) is -1.07. The lowest BCUT2D eigenvalue weighted by atomic mass is 9.97. The fourth-order valence-corrected chi connectivity index (χ4v) is 2.69. The number of rotatable bonds is 5. The maximum atomic E-state index is 12.5. The Morgan fingerprint density at radius 3 is 2.71 bits per heavy atom. The quantitative estimate of drug-likeness (QED) is 0.848. The van der Waals surface area contributed by atoms with Gasteiger partial charge in [0.05, 0.1) is 5.56 Å². The van der Waals surface area contributed by atoms with E-state index in [0.29, 0.717) is 25.2 Å². The predicted octanol–water partition coefficient (Wildman–Crippen LogP) is 1.40. The molecule has 0 saturated carbocycles. The SMILES string of the molecule is CC(C)C(=O)NCC1CCCN(C(=O)c2ccc(C(=O)O)nc2)C1. The minimum atomic E-state index is -1.12. The number of nitrogens with zero attached hydrogens (tertiary/aromatic N) is 2. The summed E-state index contributed by atoms with van der Waals surface area (Å²) in [7, 11) is 0. The van der Waals surface area contributed by atoms with Crippen LogP contribution in [0.25, 0.3) is 0 Å². The van der Waals surface area contributed by atoms with Crippen LogP contribution in [0.3, 0.4) is 0 Å². The largest absolute Gasteiger partial charge is 0.477 e. The van der Waals surface area contributed by atoms with E-state index >= 15 is 0 Å². The van der Waals surface area contributed by atoms with Crippen molar-refractivity contribution in [1.82, 2.24) is 15.2 Å². The highest BCUT2D eigenvalue weighted by Crippen LogP contribution is 2.18. The summed E-state index contributed by atoms with van der Waals surface area (Å²) in [6, 6.07) is 2.82. The Morgan fingerprint density at radius 2 is 2.12 bits per heavy atom. The van der Waals surface area contributed by atoms with E-state index < -0.39 is 5.97 Å². The molecule has 2 amide bonds. The lowest BCUT2D eigenvalue weighted by Crippen LogP contribution is -2.44. The molecule has 2 N–H and O–H groups in total. The normalized spacial score (nSPS) is 17.6. The first-order valence-corrected chi connectivity index (χ1v) is 8.14. The monoisotopic (exact) mass is 333 g/mol. The molecule has 0 bridgehead atoms. The van der Waals surface area contributed by atoms with Crippen molar-refractivity contribution in [2.24, 2.45) is 11.8 Å². The number of carbonyl (C=O) groups is 3. The predicted molar refractivity (Wildman–Crippen MR) is 87.7 cm³/mol. The van der Waals surface area contributed by atoms with Gasteiger partial charge in [0.2, 0.25) is 5.91 Å². The van der Waals surface area contributed by atoms with Gasteiger partial charge in [0.25, 0.3) is 5.91 Å². The van der Waals surface area contributed by atoms with Gasteiger partial charge in [0.15, 0.2) is 0 Å². The van der Waals surface area contributed by atoms with Crippen LogP contribution in [0.1, 0.15) is 47.5 Å². The summed E-state index contributed by atoms with van der Waals surface area (Å²) < 4.78 is 0. The van der Waals surface area contributed by atoms with Gasteiger partial charge < -0.3 is 15.3 Å². The van der Waals surface area contributed by atoms with Crippen LogP contribution >= 0.6 is 0 Å². The maximum Gasteiger partial charge on any atom is 0.354 e. The van der Waals surface area contributed by atoms with Gasteiger partial charge in [-0.2, -0.15) is 0 Å². The van der Waals surface area contributed by atoms with Crippen LogP contribution < -0.4 is 5.32 Å². The Labute approximate surface area is 141 Å². The highest BCUT2D eigenvalue weighted by atomic mass is 16.4. The van der Waals surface area contributed by atoms with Crippen LogP contribution in [0.15, 0.2) is 18.3 Å². The van der Waals surface area contributed by atoms with E-state index in [9.17, 15) is 14.4 Å². The molecule has 0 aromatic carbocycles. The number of carbonyl (C=O) groups excluding carboxylic acids is 2. The molecule has 1 atom stereocenters. The Morgan fingerprint density at radius 1 is 1.38 bits per heavy atom. The molecule has 130 valence electrons. The number of hydrogen-bond acceptors (Lipinski definition) is 4. The lowest BCUT2D eigenvalue weighted by Gasteiger charge is -2.33. The Balaban J connectivity index is 1.94. The smallest absolute Gasteiger partial charge is 0.354 e. The van der Waals surface area contributed by atoms with Crippen molar-refractivity contribution in [3.05, 3.63) is 29.6 Å². The number of carboxylic acid groups (broad SMARTS) is 1. The van der Waals surface area contributed by atoms with Crippen LogP contribution in [-0.4, -0.2) is 52.4 Å². The van der Waals surface area contributed by atoms with Crippen LogP contribution in [0.5, 0.6) is 0 Å². The van der Waals surface area contributed by atoms with Crippen LogP contribution in [0.4, 0.5) is 0 Å². The van der Waals surface area contributed by atoms with E-state index in [1.807, 2.05) is 13.8 Å². The fraction of sp³-hybridized carbons (Fsp3) is 0.529. The molecular formula is C17H23N3O4. The molecule has 1 aliphatic heterocycles. The second-order valence-corrected chi connectivity index (χ2v) is 6.40. The fourth-order valence-electron chi connectivity index (χ4n) is 2.69. The van der Waals surface area contributed by atoms with Crippen LogP contribution in [-0.2, 0) is 4.79 Å². The molecule has 1 saturated heterocycles. The molecule has 0 spiro atoms. The van der Waals surface area contributed by atoms with Crippen LogP contribution in [0, 0.1) is 11.8 Å². The van der Waals surface area contributed by atoms with E-state index in [2.05, 4.69) is 10.3 Å². The molecule has 24 heavy (non-hydrogen) atoms. The van der Waals surface area contributed by atoms with Gasteiger partial charge in [-0.15, -0.1) is 0 Å². The number of aromatic nitrogens is 1. The van der Waals surface area contributed by atoms with E-state index in [4.69, 9.17) is 5.11 Å². The number of hydrogen-bond donors (Lipinski definition) is 2. The van der Waals surface area contributed by atoms with Gasteiger partial charge >= 0.3 is 5.97 Å². The molecule has 7 heteroatoms. The van der Waals surface area contributed by atoms with E-state index in [-0.39, 0.29) is 29.3 Å². The maximum absolute atomic E-state index is 12.5. The number of likely N-dealkylation sites (tertiary alicyclic amines) is 1. The third kappa shape index (κ3) is 4.53. The summed E-state index contributed by atoms with van der Waals surface area (Å²) >= 11 is 0. The van der Waals surface area contributed by atoms with Gasteiger partial charge in [-0.05, 0) is 30.9 Å². The zero-order chi connectivity index (χ0) is 17.7. The standard InChI is InChI=1S/C17H23N3O4/c1-11(2)15(21)19-8-12-4-3-7-20(10-12)16(22)13-5-6-14(17(23)24)18-9-13/h5-6,9,11-12H,3-4,7-8,10H2,1-2H3,(H,19,21)(H,23,24). The number of carboxylic acids is 1. The third-order valence-electron chi connectivity index (χ3n) is 4.13. The van der Waals surface area contributed by atoms with Gasteiger partial charge in [-0.3, -0.25) is 9.59 Å². The first-order valence-electron chi connectivity index (χ1n) is 8.14. The summed E-state index contributed by atoms with van der Waals surface area (Å²) in [6.07, 6.45) is 3.16. The average Bonchev–Trinajstić information content (AvgIpc) is 2.59. The third-order valence-corrected chi connectivity index (χ3v) is 4.13. The molecule has 2 heterocycles. The minimum absolute atomic E-state index is 0.0203. The second-order valence-electron chi connectivity index (χ2n) is 6.40. The zero-order valence-corrected chi connectivity index (χ0v) is 14.0. The molecule has 0 radical (unpaired) electrons. The first kappa shape index (κ1) is 17.9. The molecular weight excluding hydrogens is 310 g/mol. The summed E-state index contributed by atoms with van der Waals surface area (Å²) in [4.78, 5) is 40.5. The highest BCUT2D eigenvalue weighted by Gasteiger charge is 2.25. The summed E-state index contributed by atoms with van der Waals surface area (Å²) in [5, 5.41) is 11.8. The van der Waals surface area contributed by atoms with Crippen molar-refractivity contribution in [2.75, 3.05) is 19.6 Å². The van der Waals surface area contributed by atoms with Crippen molar-refractivity contribution in [1.29, 1.82) is 0 Å². The van der Waals surface area contributed by atoms with Gasteiger partial charge in [-0.1, -0.05) is 13.8 Å². The molecule has 1 aliphatic rings. The lowest BCUT2D eigenvalue weighted by molar-refractivity contribution is -0.124. The number of nitrogens with one attached hydrogen (secondary N) is 1. The molecule has 7 nitrogen and oxygen atoms in total. The van der Waals surface area contributed by atoms with Gasteiger partial charge in [0, 0.05) is 31.7 Å². The van der Waals surface area contributed by atoms with Crippen molar-refractivity contribution in [2.45, 2.75) is 26.7 Å². The first-order chi connectivity index (χ1) is 11.4. The number of aromatic carboxylic acids is 1. The van der Waals surface area contributed by atoms with E-state index in [0.717, 1.165) is 12.8 Å². The molecule has 1 fully saturated rings. The average molecular weight is 333 g/mol. The molecule has 1 unspecified atom stereocenters. The summed E-state index contributed by atoms with van der Waals surface area (Å²) in [6.45, 7) is 5.50. The Bertz CT molecular complexity index is 613. The van der Waals surface area contributed by atoms with Crippen molar-refractivity contribution < 1.29 is 19.5 Å². The minimum Gasteiger partial charge on any atom is -0.477 e. The zero-order valence-electron chi connectivity index (χ0n) is 14.0. The second kappa shape index (κ2) is 7.90. The molecule has 2 rings (SSSR count). The molecule has 1 aromatic rings. The van der Waals surface area contributed by atoms with Crippen molar-refractivity contribution in [3.8, 4) is 0 Å². The van der Waals surface area contributed by atoms with Crippen molar-refractivity contribution in [3.63, 3.8) is 0 Å². The van der Waals surface area contributed by atoms with E-state index in [1.54, 1.807) is 4.90 Å². The highest BCUT2D eigenvalue weighted by molar-refractivity contribution is 5.95. The van der Waals surface area contributed by atoms with E-state index in [1.165, 1.54) is 18.3 Å². The number of piperidine rings is 1. The van der Waals surface area contributed by atoms with Gasteiger partial charge in [0.1, 0.15) is 5.69 Å². The number of amides is 2. The van der Waals surface area contributed by atoms with Crippen molar-refractivity contribution >= 4 is 17.8 Å². The summed E-state index contributed by atoms with van der Waals surface area (Å²) in [5.41, 5.74) is 0.298. The topological polar surface area (TPSA) is 99.6 Å². The Kier molecular flexibility index (Phi) is 5.89. The number of pyridine rings is 1. The van der Waals surface area contributed by atoms with Crippen LogP contribution in [0.2, 0.25) is 0 Å².